The molecule has 0 aromatic carbocycles. The number of hydrogen-bond acceptors (Lipinski definition) is 3. The second-order valence-electron chi connectivity index (χ2n) is 3.74. The van der Waals surface area contributed by atoms with Crippen molar-refractivity contribution in [2.45, 2.75) is 18.9 Å². The van der Waals surface area contributed by atoms with Crippen LogP contribution in [-0.2, 0) is 10.3 Å². The van der Waals surface area contributed by atoms with Gasteiger partial charge in [-0.2, -0.15) is 0 Å². The molecule has 14 heavy (non-hydrogen) atoms. The fraction of sp³-hybridized carbons (Fsp3) is 0.556. The average molecular weight is 195 g/mol. The second-order valence-corrected chi connectivity index (χ2v) is 3.74. The Balaban J connectivity index is 2.29. The van der Waals surface area contributed by atoms with Crippen LogP contribution in [0.2, 0.25) is 0 Å². The lowest BCUT2D eigenvalue weighted by atomic mass is 9.88. The molecule has 0 atom stereocenters. The lowest BCUT2D eigenvalue weighted by molar-refractivity contribution is -0.140. The van der Waals surface area contributed by atoms with E-state index in [1.807, 2.05) is 17.7 Å². The molecular weight excluding hydrogens is 182 g/mol. The molecule has 2 heterocycles. The monoisotopic (exact) mass is 195 g/mol. The van der Waals surface area contributed by atoms with E-state index >= 15 is 0 Å². The second kappa shape index (κ2) is 3.09. The van der Waals surface area contributed by atoms with Crippen LogP contribution in [0.15, 0.2) is 12.4 Å². The van der Waals surface area contributed by atoms with E-state index in [0.29, 0.717) is 13.1 Å². The molecule has 5 heteroatoms. The summed E-state index contributed by atoms with van der Waals surface area (Å²) in [6.45, 7) is 3.30. The number of aromatic nitrogens is 2. The number of nitrogens with zero attached hydrogens (tertiary/aromatic N) is 2. The van der Waals surface area contributed by atoms with Crippen molar-refractivity contribution >= 4 is 5.97 Å². The van der Waals surface area contributed by atoms with Crippen LogP contribution < -0.4 is 5.32 Å². The number of carbonyl (C=O) groups is 1. The summed E-state index contributed by atoms with van der Waals surface area (Å²) >= 11 is 0. The van der Waals surface area contributed by atoms with E-state index < -0.39 is 5.97 Å². The van der Waals surface area contributed by atoms with Crippen LogP contribution in [0.5, 0.6) is 0 Å². The number of hydrogen-bond donors (Lipinski definition) is 2. The van der Waals surface area contributed by atoms with Crippen LogP contribution in [0.1, 0.15) is 12.2 Å². The molecule has 76 valence electrons. The van der Waals surface area contributed by atoms with Crippen molar-refractivity contribution < 1.29 is 9.90 Å². The molecule has 0 spiro atoms. The van der Waals surface area contributed by atoms with E-state index in [9.17, 15) is 4.79 Å². The Bertz CT molecular complexity index is 355. The van der Waals surface area contributed by atoms with E-state index in [0.717, 1.165) is 5.82 Å². The molecule has 1 aromatic rings. The maximum Gasteiger partial charge on any atom is 0.305 e. The number of imidazole rings is 1. The quantitative estimate of drug-likeness (QED) is 0.710. The fourth-order valence-electron chi connectivity index (χ4n) is 1.95. The predicted molar refractivity (Wildman–Crippen MR) is 50.1 cm³/mol. The van der Waals surface area contributed by atoms with Gasteiger partial charge in [0.25, 0.3) is 0 Å². The molecule has 1 aliphatic rings. The van der Waals surface area contributed by atoms with Gasteiger partial charge in [0.1, 0.15) is 5.82 Å². The van der Waals surface area contributed by atoms with Gasteiger partial charge in [-0.05, 0) is 6.92 Å². The minimum atomic E-state index is -0.764. The Labute approximate surface area is 81.8 Å². The maximum absolute atomic E-state index is 10.8. The van der Waals surface area contributed by atoms with Gasteiger partial charge in [0.15, 0.2) is 0 Å². The number of carboxylic acid groups (broad SMARTS) is 1. The summed E-state index contributed by atoms with van der Waals surface area (Å²) < 4.78 is 1.96. The van der Waals surface area contributed by atoms with Crippen molar-refractivity contribution in [1.82, 2.24) is 14.9 Å². The predicted octanol–water partition coefficient (Wildman–Crippen LogP) is -0.0353. The van der Waals surface area contributed by atoms with E-state index in [2.05, 4.69) is 10.3 Å². The SMILES string of the molecule is Cc1nccn1C1(CC(=O)O)CNC1. The topological polar surface area (TPSA) is 67.2 Å². The van der Waals surface area contributed by atoms with Gasteiger partial charge in [-0.1, -0.05) is 0 Å². The average Bonchev–Trinajstić information content (AvgIpc) is 2.44. The first-order valence-corrected chi connectivity index (χ1v) is 4.57. The van der Waals surface area contributed by atoms with Gasteiger partial charge >= 0.3 is 5.97 Å². The Morgan fingerprint density at radius 2 is 2.50 bits per heavy atom. The van der Waals surface area contributed by atoms with E-state index in [-0.39, 0.29) is 12.0 Å². The molecule has 0 amide bonds. The maximum atomic E-state index is 10.8. The van der Waals surface area contributed by atoms with E-state index in [1.165, 1.54) is 0 Å². The summed E-state index contributed by atoms with van der Waals surface area (Å²) in [5.41, 5.74) is -0.299. The lowest BCUT2D eigenvalue weighted by Gasteiger charge is -2.43. The molecular formula is C9H13N3O2. The van der Waals surface area contributed by atoms with Crippen molar-refractivity contribution in [3.05, 3.63) is 18.2 Å². The molecule has 1 aliphatic heterocycles. The highest BCUT2D eigenvalue weighted by Crippen LogP contribution is 2.26. The van der Waals surface area contributed by atoms with Crippen LogP contribution in [-0.4, -0.2) is 33.7 Å². The molecule has 0 radical (unpaired) electrons. The molecule has 1 aromatic heterocycles. The van der Waals surface area contributed by atoms with Crippen LogP contribution >= 0.6 is 0 Å². The van der Waals surface area contributed by atoms with Crippen molar-refractivity contribution in [2.24, 2.45) is 0 Å². The van der Waals surface area contributed by atoms with Crippen molar-refractivity contribution in [3.63, 3.8) is 0 Å². The van der Waals surface area contributed by atoms with E-state index in [1.54, 1.807) is 6.20 Å². The van der Waals surface area contributed by atoms with Crippen LogP contribution in [0, 0.1) is 6.92 Å². The fourth-order valence-corrected chi connectivity index (χ4v) is 1.95. The summed E-state index contributed by atoms with van der Waals surface area (Å²) in [6.07, 6.45) is 3.70. The molecule has 5 nitrogen and oxygen atoms in total. The molecule has 2 N–H and O–H groups in total. The Kier molecular flexibility index (Phi) is 2.03. The third kappa shape index (κ3) is 1.29. The smallest absolute Gasteiger partial charge is 0.305 e. The molecule has 0 unspecified atom stereocenters. The third-order valence-corrected chi connectivity index (χ3v) is 2.73. The number of aliphatic carboxylic acids is 1. The van der Waals surface area contributed by atoms with Gasteiger partial charge in [0.2, 0.25) is 0 Å². The Hall–Kier alpha value is -1.36. The number of rotatable bonds is 3. The van der Waals surface area contributed by atoms with Crippen LogP contribution in [0.3, 0.4) is 0 Å². The van der Waals surface area contributed by atoms with Crippen LogP contribution in [0.4, 0.5) is 0 Å². The molecule has 0 saturated carbocycles. The standard InChI is InChI=1S/C9H13N3O2/c1-7-11-2-3-12(7)9(4-8(13)14)5-10-6-9/h2-3,10H,4-6H2,1H3,(H,13,14). The number of nitrogens with one attached hydrogen (secondary N) is 1. The van der Waals surface area contributed by atoms with Crippen molar-refractivity contribution in [1.29, 1.82) is 0 Å². The summed E-state index contributed by atoms with van der Waals surface area (Å²) in [7, 11) is 0. The summed E-state index contributed by atoms with van der Waals surface area (Å²) in [5, 5.41) is 12.0. The minimum absolute atomic E-state index is 0.150. The van der Waals surface area contributed by atoms with Crippen molar-refractivity contribution in [3.8, 4) is 0 Å². The van der Waals surface area contributed by atoms with Gasteiger partial charge in [-0.25, -0.2) is 4.98 Å². The van der Waals surface area contributed by atoms with Gasteiger partial charge in [-0.15, -0.1) is 0 Å². The lowest BCUT2D eigenvalue weighted by Crippen LogP contribution is -2.61. The van der Waals surface area contributed by atoms with E-state index in [4.69, 9.17) is 5.11 Å². The zero-order valence-corrected chi connectivity index (χ0v) is 8.03. The highest BCUT2D eigenvalue weighted by atomic mass is 16.4. The summed E-state index contributed by atoms with van der Waals surface area (Å²) in [4.78, 5) is 14.9. The van der Waals surface area contributed by atoms with Gasteiger partial charge in [0.05, 0.1) is 12.0 Å². The molecule has 1 saturated heterocycles. The van der Waals surface area contributed by atoms with Gasteiger partial charge in [0, 0.05) is 25.5 Å². The zero-order valence-electron chi connectivity index (χ0n) is 8.03. The van der Waals surface area contributed by atoms with Crippen molar-refractivity contribution in [2.75, 3.05) is 13.1 Å². The Morgan fingerprint density at radius 1 is 1.79 bits per heavy atom. The molecule has 1 fully saturated rings. The molecule has 0 aliphatic carbocycles. The number of aryl methyl sites for hydroxylation is 1. The first kappa shape index (κ1) is 9.21. The van der Waals surface area contributed by atoms with Gasteiger partial charge < -0.3 is 15.0 Å². The number of carboxylic acids is 1. The van der Waals surface area contributed by atoms with Gasteiger partial charge in [-0.3, -0.25) is 4.79 Å². The third-order valence-electron chi connectivity index (χ3n) is 2.73. The first-order valence-electron chi connectivity index (χ1n) is 4.57. The van der Waals surface area contributed by atoms with Crippen LogP contribution in [0.25, 0.3) is 0 Å². The normalized spacial score (nSPS) is 18.9. The largest absolute Gasteiger partial charge is 0.481 e. The summed E-state index contributed by atoms with van der Waals surface area (Å²) in [6, 6.07) is 0. The zero-order chi connectivity index (χ0) is 10.2. The molecule has 0 bridgehead atoms. The molecule has 2 rings (SSSR count). The minimum Gasteiger partial charge on any atom is -0.481 e. The highest BCUT2D eigenvalue weighted by Gasteiger charge is 2.41. The highest BCUT2D eigenvalue weighted by molar-refractivity contribution is 5.68. The summed E-state index contributed by atoms with van der Waals surface area (Å²) in [5.74, 6) is 0.104. The Morgan fingerprint density at radius 3 is 2.86 bits per heavy atom. The first-order chi connectivity index (χ1) is 6.64.